The highest BCUT2D eigenvalue weighted by molar-refractivity contribution is 7.91. The lowest BCUT2D eigenvalue weighted by molar-refractivity contribution is -0.141. The first-order chi connectivity index (χ1) is 23.6. The number of hydrogen-bond acceptors (Lipinski definition) is 9. The maximum absolute atomic E-state index is 14.2. The van der Waals surface area contributed by atoms with E-state index >= 15 is 0 Å². The van der Waals surface area contributed by atoms with E-state index in [1.165, 1.54) is 23.2 Å². The minimum absolute atomic E-state index is 0.00992. The number of carbonyl (C=O) groups excluding carboxylic acids is 4. The molecule has 0 unspecified atom stereocenters. The molecule has 0 radical (unpaired) electrons. The summed E-state index contributed by atoms with van der Waals surface area (Å²) < 4.78 is 47.3. The standard InChI is InChI=1S/C34H44FN5O8S/c35-27-14-9-6-10-22(27)20-36-48-25-18-29-30(41)38-34(32(43)39-49(45,46)26-16-17-26)19-23(34)11-4-2-1-3-5-15-28(31(42)40(29)21-25)37-33(44)47-24-12-7-8-13-24/h4,6,9-11,14,20,23-26,28-29H,1-3,5,7-8,12-13,15-19,21H2,(H,37,44)(H,38,41)(H,39,43)/b11-4-,36-20+/t23-,25+,28+,29-,34-/m0/s1. The molecule has 15 heteroatoms. The second kappa shape index (κ2) is 14.9. The van der Waals surface area contributed by atoms with E-state index in [9.17, 15) is 32.0 Å². The topological polar surface area (TPSA) is 173 Å². The molecule has 266 valence electrons. The van der Waals surface area contributed by atoms with E-state index in [1.54, 1.807) is 12.1 Å². The molecule has 0 spiro atoms. The van der Waals surface area contributed by atoms with Crippen LogP contribution in [0, 0.1) is 11.7 Å². The first-order valence-corrected chi connectivity index (χ1v) is 18.9. The summed E-state index contributed by atoms with van der Waals surface area (Å²) >= 11 is 0. The lowest BCUT2D eigenvalue weighted by atomic mass is 10.0. The van der Waals surface area contributed by atoms with Gasteiger partial charge in [-0.1, -0.05) is 48.3 Å². The third-order valence-corrected chi connectivity index (χ3v) is 11.8. The van der Waals surface area contributed by atoms with E-state index in [0.29, 0.717) is 32.1 Å². The number of sulfonamides is 1. The normalized spacial score (nSPS) is 30.3. The number of oxime groups is 1. The number of benzene rings is 1. The summed E-state index contributed by atoms with van der Waals surface area (Å²) in [4.78, 5) is 61.7. The number of carbonyl (C=O) groups is 4. The van der Waals surface area contributed by atoms with Crippen LogP contribution >= 0.6 is 0 Å². The van der Waals surface area contributed by atoms with E-state index in [-0.39, 0.29) is 31.1 Å². The van der Waals surface area contributed by atoms with Gasteiger partial charge in [-0.3, -0.25) is 19.1 Å². The number of halogens is 1. The number of allylic oxidation sites excluding steroid dienone is 1. The monoisotopic (exact) mass is 701 g/mol. The maximum Gasteiger partial charge on any atom is 0.408 e. The van der Waals surface area contributed by atoms with E-state index < -0.39 is 74.5 Å². The van der Waals surface area contributed by atoms with Crippen LogP contribution in [0.1, 0.15) is 89.0 Å². The molecule has 3 saturated carbocycles. The number of alkyl carbamates (subject to hydrolysis) is 1. The van der Waals surface area contributed by atoms with Gasteiger partial charge in [0.1, 0.15) is 35.6 Å². The molecule has 5 atom stereocenters. The van der Waals surface area contributed by atoms with Crippen molar-refractivity contribution >= 4 is 40.1 Å². The Kier molecular flexibility index (Phi) is 10.6. The Labute approximate surface area is 285 Å². The molecule has 13 nitrogen and oxygen atoms in total. The van der Waals surface area contributed by atoms with Crippen molar-refractivity contribution in [1.29, 1.82) is 0 Å². The van der Waals surface area contributed by atoms with Crippen LogP contribution in [0.15, 0.2) is 41.6 Å². The van der Waals surface area contributed by atoms with Crippen molar-refractivity contribution in [3.05, 3.63) is 47.8 Å². The fraction of sp³-hybridized carbons (Fsp3) is 0.618. The molecule has 2 heterocycles. The number of nitrogens with zero attached hydrogens (tertiary/aromatic N) is 2. The zero-order valence-corrected chi connectivity index (χ0v) is 28.2. The average molecular weight is 702 g/mol. The van der Waals surface area contributed by atoms with Crippen molar-refractivity contribution in [3.8, 4) is 0 Å². The fourth-order valence-corrected chi connectivity index (χ4v) is 8.29. The predicted molar refractivity (Wildman–Crippen MR) is 176 cm³/mol. The molecule has 1 aromatic carbocycles. The molecular weight excluding hydrogens is 657 g/mol. The average Bonchev–Trinajstić information content (AvgIpc) is 3.94. The van der Waals surface area contributed by atoms with Gasteiger partial charge in [0.15, 0.2) is 0 Å². The van der Waals surface area contributed by atoms with E-state index in [4.69, 9.17) is 9.57 Å². The maximum atomic E-state index is 14.2. The largest absolute Gasteiger partial charge is 0.446 e. The SMILES string of the molecule is O=C(N[C@@H]1CCCCC/C=C\[C@H]2C[C@]2(C(=O)NS(=O)(=O)C2CC2)NC(=O)[C@@H]2C[C@@H](O/N=C/c3ccccc3F)CN2C1=O)OC1CCCC1. The quantitative estimate of drug-likeness (QED) is 0.211. The molecule has 1 saturated heterocycles. The molecule has 2 aliphatic heterocycles. The van der Waals surface area contributed by atoms with Gasteiger partial charge < -0.3 is 25.1 Å². The lowest BCUT2D eigenvalue weighted by Crippen LogP contribution is -2.58. The van der Waals surface area contributed by atoms with Gasteiger partial charge in [0.25, 0.3) is 5.91 Å². The predicted octanol–water partition coefficient (Wildman–Crippen LogP) is 3.19. The molecular formula is C34H44FN5O8S. The third kappa shape index (κ3) is 8.42. The van der Waals surface area contributed by atoms with Gasteiger partial charge in [0, 0.05) is 17.9 Å². The van der Waals surface area contributed by atoms with E-state index in [2.05, 4.69) is 20.5 Å². The zero-order valence-electron chi connectivity index (χ0n) is 27.4. The van der Waals surface area contributed by atoms with Crippen molar-refractivity contribution < 1.29 is 41.6 Å². The van der Waals surface area contributed by atoms with Gasteiger partial charge in [-0.05, 0) is 70.3 Å². The highest BCUT2D eigenvalue weighted by Crippen LogP contribution is 2.46. The van der Waals surface area contributed by atoms with Crippen molar-refractivity contribution in [1.82, 2.24) is 20.3 Å². The number of hydrogen-bond donors (Lipinski definition) is 3. The van der Waals surface area contributed by atoms with Crippen molar-refractivity contribution in [2.45, 2.75) is 119 Å². The Balaban J connectivity index is 1.24. The van der Waals surface area contributed by atoms with Gasteiger partial charge in [0.05, 0.1) is 18.0 Å². The Morgan fingerprint density at radius 1 is 1.02 bits per heavy atom. The van der Waals surface area contributed by atoms with Crippen molar-refractivity contribution in [2.75, 3.05) is 6.54 Å². The summed E-state index contributed by atoms with van der Waals surface area (Å²) in [7, 11) is -3.88. The summed E-state index contributed by atoms with van der Waals surface area (Å²) in [6, 6.07) is 3.88. The summed E-state index contributed by atoms with van der Waals surface area (Å²) in [5.41, 5.74) is -1.31. The number of ether oxygens (including phenoxy) is 1. The molecule has 0 aromatic heterocycles. The van der Waals surface area contributed by atoms with Gasteiger partial charge in [-0.15, -0.1) is 0 Å². The van der Waals surface area contributed by atoms with Gasteiger partial charge in [0.2, 0.25) is 21.8 Å². The van der Waals surface area contributed by atoms with Gasteiger partial charge in [-0.25, -0.2) is 17.6 Å². The summed E-state index contributed by atoms with van der Waals surface area (Å²) in [5.74, 6) is -2.91. The molecule has 5 aliphatic rings. The molecule has 3 aliphatic carbocycles. The van der Waals surface area contributed by atoms with Crippen molar-refractivity contribution in [3.63, 3.8) is 0 Å². The van der Waals surface area contributed by atoms with Crippen molar-refractivity contribution in [2.24, 2.45) is 11.1 Å². The summed E-state index contributed by atoms with van der Waals surface area (Å²) in [6.07, 6.45) is 11.1. The Morgan fingerprint density at radius 2 is 1.78 bits per heavy atom. The van der Waals surface area contributed by atoms with Crippen LogP contribution in [0.2, 0.25) is 0 Å². The van der Waals surface area contributed by atoms with Crippen LogP contribution in [0.4, 0.5) is 9.18 Å². The molecule has 6 rings (SSSR count). The first-order valence-electron chi connectivity index (χ1n) is 17.3. The number of rotatable bonds is 8. The second-order valence-electron chi connectivity index (χ2n) is 13.7. The number of amides is 4. The number of fused-ring (bicyclic) bond motifs is 2. The number of nitrogens with one attached hydrogen (secondary N) is 3. The van der Waals surface area contributed by atoms with Crippen LogP contribution in [-0.2, 0) is 34.0 Å². The van der Waals surface area contributed by atoms with Crippen LogP contribution < -0.4 is 15.4 Å². The lowest BCUT2D eigenvalue weighted by Gasteiger charge is -2.30. The smallest absolute Gasteiger partial charge is 0.408 e. The zero-order chi connectivity index (χ0) is 34.6. The minimum Gasteiger partial charge on any atom is -0.446 e. The molecule has 49 heavy (non-hydrogen) atoms. The van der Waals surface area contributed by atoms with Crippen LogP contribution in [0.25, 0.3) is 0 Å². The van der Waals surface area contributed by atoms with E-state index in [0.717, 1.165) is 38.5 Å². The highest BCUT2D eigenvalue weighted by Gasteiger charge is 2.62. The van der Waals surface area contributed by atoms with Crippen LogP contribution in [-0.4, -0.2) is 85.0 Å². The summed E-state index contributed by atoms with van der Waals surface area (Å²) in [6.45, 7) is -0.0695. The van der Waals surface area contributed by atoms with Gasteiger partial charge >= 0.3 is 6.09 Å². The first kappa shape index (κ1) is 34.8. The Bertz CT molecular complexity index is 1590. The Morgan fingerprint density at radius 3 is 2.53 bits per heavy atom. The summed E-state index contributed by atoms with van der Waals surface area (Å²) in [5, 5.41) is 8.85. The van der Waals surface area contributed by atoms with E-state index in [1.807, 2.05) is 12.2 Å². The van der Waals surface area contributed by atoms with Crippen LogP contribution in [0.5, 0.6) is 0 Å². The second-order valence-corrected chi connectivity index (χ2v) is 15.7. The highest BCUT2D eigenvalue weighted by atomic mass is 32.2. The molecule has 0 bridgehead atoms. The van der Waals surface area contributed by atoms with Gasteiger partial charge in [-0.2, -0.15) is 0 Å². The third-order valence-electron chi connectivity index (χ3n) is 10.0. The Hall–Kier alpha value is -4.01. The fourth-order valence-electron chi connectivity index (χ4n) is 6.93. The molecule has 3 N–H and O–H groups in total. The molecule has 1 aromatic rings. The van der Waals surface area contributed by atoms with Crippen LogP contribution in [0.3, 0.4) is 0 Å². The molecule has 4 fully saturated rings. The molecule has 4 amide bonds. The minimum atomic E-state index is -3.88.